The zero-order valence-electron chi connectivity index (χ0n) is 9.69. The van der Waals surface area contributed by atoms with Gasteiger partial charge in [-0.25, -0.2) is 4.79 Å². The average Bonchev–Trinajstić information content (AvgIpc) is 2.71. The SMILES string of the molecule is CCCCNC(=O)Nc1nc2ccccc2o1. The van der Waals surface area contributed by atoms with Gasteiger partial charge in [-0.2, -0.15) is 4.98 Å². The Hall–Kier alpha value is -2.04. The zero-order chi connectivity index (χ0) is 12.1. The van der Waals surface area contributed by atoms with Crippen LogP contribution >= 0.6 is 0 Å². The van der Waals surface area contributed by atoms with Gasteiger partial charge in [0, 0.05) is 6.54 Å². The molecule has 17 heavy (non-hydrogen) atoms. The Morgan fingerprint density at radius 3 is 3.00 bits per heavy atom. The highest BCUT2D eigenvalue weighted by Crippen LogP contribution is 2.17. The molecule has 0 aliphatic heterocycles. The quantitative estimate of drug-likeness (QED) is 0.798. The Kier molecular flexibility index (Phi) is 3.59. The van der Waals surface area contributed by atoms with Gasteiger partial charge in [0.2, 0.25) is 0 Å². The molecule has 0 spiro atoms. The molecule has 90 valence electrons. The molecule has 0 aliphatic rings. The summed E-state index contributed by atoms with van der Waals surface area (Å²) in [4.78, 5) is 15.6. The second-order valence-electron chi connectivity index (χ2n) is 3.72. The Morgan fingerprint density at radius 1 is 1.41 bits per heavy atom. The monoisotopic (exact) mass is 233 g/mol. The molecule has 0 radical (unpaired) electrons. The number of hydrogen-bond acceptors (Lipinski definition) is 3. The van der Waals surface area contributed by atoms with Crippen molar-refractivity contribution in [1.82, 2.24) is 10.3 Å². The summed E-state index contributed by atoms with van der Waals surface area (Å²) in [6, 6.07) is 7.31. The summed E-state index contributed by atoms with van der Waals surface area (Å²) in [5.74, 6) is 0. The molecule has 2 rings (SSSR count). The Bertz CT molecular complexity index is 474. The Balaban J connectivity index is 1.96. The van der Waals surface area contributed by atoms with Crippen LogP contribution in [-0.2, 0) is 0 Å². The van der Waals surface area contributed by atoms with E-state index in [4.69, 9.17) is 4.42 Å². The number of carbonyl (C=O) groups is 1. The number of hydrogen-bond donors (Lipinski definition) is 2. The van der Waals surface area contributed by atoms with Crippen LogP contribution in [0.25, 0.3) is 11.1 Å². The minimum absolute atomic E-state index is 0.222. The molecule has 0 saturated carbocycles. The molecule has 2 amide bonds. The largest absolute Gasteiger partial charge is 0.423 e. The molecule has 0 unspecified atom stereocenters. The van der Waals surface area contributed by atoms with Gasteiger partial charge in [0.1, 0.15) is 5.52 Å². The van der Waals surface area contributed by atoms with Gasteiger partial charge in [-0.3, -0.25) is 5.32 Å². The molecule has 0 aliphatic carbocycles. The summed E-state index contributed by atoms with van der Waals surface area (Å²) in [6.45, 7) is 2.73. The van der Waals surface area contributed by atoms with E-state index in [-0.39, 0.29) is 12.0 Å². The molecule has 1 aromatic heterocycles. The van der Waals surface area contributed by atoms with Crippen LogP contribution in [0, 0.1) is 0 Å². The lowest BCUT2D eigenvalue weighted by atomic mass is 10.3. The maximum atomic E-state index is 11.4. The van der Waals surface area contributed by atoms with Crippen molar-refractivity contribution in [2.24, 2.45) is 0 Å². The van der Waals surface area contributed by atoms with Crippen LogP contribution in [0.1, 0.15) is 19.8 Å². The highest BCUT2D eigenvalue weighted by atomic mass is 16.4. The van der Waals surface area contributed by atoms with Crippen LogP contribution in [0.3, 0.4) is 0 Å². The van der Waals surface area contributed by atoms with E-state index >= 15 is 0 Å². The predicted molar refractivity (Wildman–Crippen MR) is 65.9 cm³/mol. The maximum absolute atomic E-state index is 11.4. The van der Waals surface area contributed by atoms with Crippen molar-refractivity contribution in [1.29, 1.82) is 0 Å². The summed E-state index contributed by atoms with van der Waals surface area (Å²) < 4.78 is 5.36. The topological polar surface area (TPSA) is 67.2 Å². The number of nitrogens with zero attached hydrogens (tertiary/aromatic N) is 1. The number of para-hydroxylation sites is 2. The van der Waals surface area contributed by atoms with Crippen molar-refractivity contribution in [2.75, 3.05) is 11.9 Å². The van der Waals surface area contributed by atoms with Crippen LogP contribution < -0.4 is 10.6 Å². The molecule has 5 nitrogen and oxygen atoms in total. The van der Waals surface area contributed by atoms with Gasteiger partial charge in [0.25, 0.3) is 0 Å². The van der Waals surface area contributed by atoms with Crippen LogP contribution in [0.2, 0.25) is 0 Å². The number of aromatic nitrogens is 1. The Morgan fingerprint density at radius 2 is 2.24 bits per heavy atom. The smallest absolute Gasteiger partial charge is 0.322 e. The van der Waals surface area contributed by atoms with Crippen LogP contribution in [0.4, 0.5) is 10.8 Å². The normalized spacial score (nSPS) is 10.4. The number of carbonyl (C=O) groups excluding carboxylic acids is 1. The van der Waals surface area contributed by atoms with Crippen molar-refractivity contribution in [2.45, 2.75) is 19.8 Å². The summed E-state index contributed by atoms with van der Waals surface area (Å²) in [5, 5.41) is 5.29. The van der Waals surface area contributed by atoms with Gasteiger partial charge < -0.3 is 9.73 Å². The number of benzene rings is 1. The fraction of sp³-hybridized carbons (Fsp3) is 0.333. The van der Waals surface area contributed by atoms with E-state index in [2.05, 4.69) is 22.5 Å². The minimum Gasteiger partial charge on any atom is -0.423 e. The zero-order valence-corrected chi connectivity index (χ0v) is 9.69. The number of oxazole rings is 1. The van der Waals surface area contributed by atoms with Gasteiger partial charge in [0.15, 0.2) is 5.58 Å². The molecule has 0 saturated heterocycles. The van der Waals surface area contributed by atoms with Gasteiger partial charge in [-0.1, -0.05) is 25.5 Å². The van der Waals surface area contributed by atoms with Crippen molar-refractivity contribution >= 4 is 23.1 Å². The van der Waals surface area contributed by atoms with E-state index in [9.17, 15) is 4.79 Å². The van der Waals surface area contributed by atoms with Crippen LogP contribution in [0.15, 0.2) is 28.7 Å². The summed E-state index contributed by atoms with van der Waals surface area (Å²) >= 11 is 0. The molecule has 1 aromatic carbocycles. The lowest BCUT2D eigenvalue weighted by Gasteiger charge is -2.02. The average molecular weight is 233 g/mol. The molecule has 2 N–H and O–H groups in total. The highest BCUT2D eigenvalue weighted by molar-refractivity contribution is 5.88. The number of rotatable bonds is 4. The fourth-order valence-electron chi connectivity index (χ4n) is 1.45. The van der Waals surface area contributed by atoms with Crippen molar-refractivity contribution in [3.05, 3.63) is 24.3 Å². The third kappa shape index (κ3) is 2.96. The lowest BCUT2D eigenvalue weighted by Crippen LogP contribution is -2.29. The van der Waals surface area contributed by atoms with Gasteiger partial charge in [-0.05, 0) is 18.6 Å². The summed E-state index contributed by atoms with van der Waals surface area (Å²) in [5.41, 5.74) is 1.40. The first-order valence-corrected chi connectivity index (χ1v) is 5.70. The number of amides is 2. The predicted octanol–water partition coefficient (Wildman–Crippen LogP) is 2.75. The van der Waals surface area contributed by atoms with Crippen LogP contribution in [-0.4, -0.2) is 17.6 Å². The molecular formula is C12H15N3O2. The van der Waals surface area contributed by atoms with Gasteiger partial charge >= 0.3 is 12.0 Å². The first kappa shape index (κ1) is 11.4. The highest BCUT2D eigenvalue weighted by Gasteiger charge is 2.07. The van der Waals surface area contributed by atoms with E-state index in [1.165, 1.54) is 0 Å². The molecule has 5 heteroatoms. The van der Waals surface area contributed by atoms with Crippen molar-refractivity contribution in [3.8, 4) is 0 Å². The number of urea groups is 1. The van der Waals surface area contributed by atoms with E-state index in [1.54, 1.807) is 0 Å². The fourth-order valence-corrected chi connectivity index (χ4v) is 1.45. The molecule has 0 bridgehead atoms. The van der Waals surface area contributed by atoms with Crippen molar-refractivity contribution < 1.29 is 9.21 Å². The van der Waals surface area contributed by atoms with Crippen molar-refractivity contribution in [3.63, 3.8) is 0 Å². The molecule has 0 fully saturated rings. The number of anilines is 1. The minimum atomic E-state index is -0.287. The third-order valence-electron chi connectivity index (χ3n) is 2.33. The summed E-state index contributed by atoms with van der Waals surface area (Å²) in [7, 11) is 0. The molecule has 2 aromatic rings. The van der Waals surface area contributed by atoms with Gasteiger partial charge in [-0.15, -0.1) is 0 Å². The first-order valence-electron chi connectivity index (χ1n) is 5.70. The molecular weight excluding hydrogens is 218 g/mol. The Labute approximate surface area is 99.2 Å². The van der Waals surface area contributed by atoms with Gasteiger partial charge in [0.05, 0.1) is 0 Å². The second-order valence-corrected chi connectivity index (χ2v) is 3.72. The number of fused-ring (bicyclic) bond motifs is 1. The van der Waals surface area contributed by atoms with E-state index < -0.39 is 0 Å². The standard InChI is InChI=1S/C12H15N3O2/c1-2-3-8-13-11(16)15-12-14-9-6-4-5-7-10(9)17-12/h4-7H,2-3,8H2,1H3,(H2,13,14,15,16). The maximum Gasteiger partial charge on any atom is 0.322 e. The van der Waals surface area contributed by atoms with E-state index in [1.807, 2.05) is 24.3 Å². The number of unbranched alkanes of at least 4 members (excludes halogenated alkanes) is 1. The number of nitrogens with one attached hydrogen (secondary N) is 2. The molecule has 0 atom stereocenters. The lowest BCUT2D eigenvalue weighted by molar-refractivity contribution is 0.251. The van der Waals surface area contributed by atoms with E-state index in [0.29, 0.717) is 12.1 Å². The first-order chi connectivity index (χ1) is 8.29. The third-order valence-corrected chi connectivity index (χ3v) is 2.33. The summed E-state index contributed by atoms with van der Waals surface area (Å²) in [6.07, 6.45) is 2.00. The van der Waals surface area contributed by atoms with E-state index in [0.717, 1.165) is 18.4 Å². The molecule has 1 heterocycles. The second kappa shape index (κ2) is 5.34. The van der Waals surface area contributed by atoms with Crippen LogP contribution in [0.5, 0.6) is 0 Å².